The fourth-order valence-corrected chi connectivity index (χ4v) is 3.43. The van der Waals surface area contributed by atoms with E-state index in [2.05, 4.69) is 20.6 Å². The molecular formula is C16H14F2N6OS. The Morgan fingerprint density at radius 2 is 2.12 bits per heavy atom. The van der Waals surface area contributed by atoms with Gasteiger partial charge >= 0.3 is 0 Å². The van der Waals surface area contributed by atoms with E-state index >= 15 is 0 Å². The van der Waals surface area contributed by atoms with Crippen LogP contribution in [-0.4, -0.2) is 32.4 Å². The van der Waals surface area contributed by atoms with Crippen LogP contribution in [0.5, 0.6) is 0 Å². The standard InChI is InChI=1S/C16H14F2N6OS/c17-11-2-1-3-12(18)14(11)23-6-4-13(15(23)25)24-9-10(21-22-24)8-20-16-19-5-7-26-16/h1-3,5,7,9,13H,4,6,8H2,(H,19,20). The minimum absolute atomic E-state index is 0.216. The van der Waals surface area contributed by atoms with Gasteiger partial charge in [-0.25, -0.2) is 18.4 Å². The van der Waals surface area contributed by atoms with Crippen molar-refractivity contribution in [2.75, 3.05) is 16.8 Å². The van der Waals surface area contributed by atoms with Crippen molar-refractivity contribution in [2.24, 2.45) is 0 Å². The lowest BCUT2D eigenvalue weighted by Gasteiger charge is -2.18. The number of benzene rings is 1. The molecule has 1 aromatic carbocycles. The van der Waals surface area contributed by atoms with Crippen molar-refractivity contribution in [3.63, 3.8) is 0 Å². The van der Waals surface area contributed by atoms with E-state index in [9.17, 15) is 13.6 Å². The molecule has 10 heteroatoms. The first-order chi connectivity index (χ1) is 12.6. The van der Waals surface area contributed by atoms with Gasteiger partial charge in [0, 0.05) is 18.1 Å². The lowest BCUT2D eigenvalue weighted by Crippen LogP contribution is -2.30. The average Bonchev–Trinajstić information content (AvgIpc) is 3.35. The fraction of sp³-hybridized carbons (Fsp3) is 0.250. The first-order valence-corrected chi connectivity index (χ1v) is 8.81. The Morgan fingerprint density at radius 3 is 2.85 bits per heavy atom. The maximum absolute atomic E-state index is 14.0. The summed E-state index contributed by atoms with van der Waals surface area (Å²) in [5.74, 6) is -1.92. The number of para-hydroxylation sites is 1. The zero-order chi connectivity index (χ0) is 18.1. The highest BCUT2D eigenvalue weighted by molar-refractivity contribution is 7.13. The summed E-state index contributed by atoms with van der Waals surface area (Å²) >= 11 is 1.47. The zero-order valence-corrected chi connectivity index (χ0v) is 14.3. The van der Waals surface area contributed by atoms with Crippen LogP contribution in [0.4, 0.5) is 19.6 Å². The highest BCUT2D eigenvalue weighted by Crippen LogP contribution is 2.31. The van der Waals surface area contributed by atoms with Crippen molar-refractivity contribution >= 4 is 28.1 Å². The third-order valence-corrected chi connectivity index (χ3v) is 4.85. The van der Waals surface area contributed by atoms with E-state index in [0.29, 0.717) is 18.7 Å². The second kappa shape index (κ2) is 6.79. The molecule has 1 unspecified atom stereocenters. The molecule has 1 saturated heterocycles. The van der Waals surface area contributed by atoms with Crippen molar-refractivity contribution in [3.8, 4) is 0 Å². The summed E-state index contributed by atoms with van der Waals surface area (Å²) in [7, 11) is 0. The van der Waals surface area contributed by atoms with Crippen molar-refractivity contribution < 1.29 is 13.6 Å². The molecule has 1 amide bonds. The number of rotatable bonds is 5. The number of nitrogens with zero attached hydrogens (tertiary/aromatic N) is 5. The van der Waals surface area contributed by atoms with Crippen molar-refractivity contribution in [3.05, 3.63) is 53.3 Å². The number of nitrogens with one attached hydrogen (secondary N) is 1. The number of amides is 1. The summed E-state index contributed by atoms with van der Waals surface area (Å²) in [4.78, 5) is 17.9. The highest BCUT2D eigenvalue weighted by atomic mass is 32.1. The van der Waals surface area contributed by atoms with Gasteiger partial charge in [0.15, 0.2) is 5.13 Å². The normalized spacial score (nSPS) is 17.1. The molecule has 0 radical (unpaired) electrons. The van der Waals surface area contributed by atoms with Crippen LogP contribution in [-0.2, 0) is 11.3 Å². The number of hydrogen-bond acceptors (Lipinski definition) is 6. The first kappa shape index (κ1) is 16.6. The summed E-state index contributed by atoms with van der Waals surface area (Å²) in [5, 5.41) is 13.8. The van der Waals surface area contributed by atoms with E-state index < -0.39 is 23.6 Å². The van der Waals surface area contributed by atoms with Crippen LogP contribution in [0.25, 0.3) is 0 Å². The van der Waals surface area contributed by atoms with Crippen molar-refractivity contribution in [1.82, 2.24) is 20.0 Å². The van der Waals surface area contributed by atoms with Crippen LogP contribution < -0.4 is 10.2 Å². The number of carbonyl (C=O) groups excluding carboxylic acids is 1. The molecular weight excluding hydrogens is 362 g/mol. The molecule has 134 valence electrons. The number of thiazole rings is 1. The molecule has 0 spiro atoms. The smallest absolute Gasteiger partial charge is 0.252 e. The summed E-state index contributed by atoms with van der Waals surface area (Å²) in [5.41, 5.74) is 0.328. The third-order valence-electron chi connectivity index (χ3n) is 4.11. The molecule has 3 aromatic rings. The Bertz CT molecular complexity index is 908. The molecule has 1 N–H and O–H groups in total. The van der Waals surface area contributed by atoms with Crippen LogP contribution in [0, 0.1) is 11.6 Å². The number of hydrogen-bond donors (Lipinski definition) is 1. The second-order valence-corrected chi connectivity index (χ2v) is 6.64. The quantitative estimate of drug-likeness (QED) is 0.741. The van der Waals surface area contributed by atoms with Gasteiger partial charge in [-0.2, -0.15) is 0 Å². The number of aromatic nitrogens is 4. The van der Waals surface area contributed by atoms with Gasteiger partial charge in [-0.05, 0) is 18.6 Å². The van der Waals surface area contributed by atoms with E-state index in [1.54, 1.807) is 12.4 Å². The molecule has 1 atom stereocenters. The SMILES string of the molecule is O=C1C(n2cc(CNc3nccs3)nn2)CCN1c1c(F)cccc1F. The minimum atomic E-state index is -0.758. The molecule has 26 heavy (non-hydrogen) atoms. The van der Waals surface area contributed by atoms with Crippen molar-refractivity contribution in [1.29, 1.82) is 0 Å². The van der Waals surface area contributed by atoms with E-state index in [4.69, 9.17) is 0 Å². The number of anilines is 2. The summed E-state index contributed by atoms with van der Waals surface area (Å²) < 4.78 is 29.4. The monoisotopic (exact) mass is 376 g/mol. The summed E-state index contributed by atoms with van der Waals surface area (Å²) in [6, 6.07) is 2.91. The van der Waals surface area contributed by atoms with Gasteiger partial charge in [-0.1, -0.05) is 11.3 Å². The van der Waals surface area contributed by atoms with E-state index in [1.807, 2.05) is 5.38 Å². The van der Waals surface area contributed by atoms with E-state index in [-0.39, 0.29) is 12.2 Å². The predicted molar refractivity (Wildman–Crippen MR) is 91.8 cm³/mol. The van der Waals surface area contributed by atoms with E-state index in [0.717, 1.165) is 22.2 Å². The molecule has 1 aliphatic rings. The Hall–Kier alpha value is -2.88. The minimum Gasteiger partial charge on any atom is -0.356 e. The molecule has 0 bridgehead atoms. The average molecular weight is 376 g/mol. The number of halogens is 2. The van der Waals surface area contributed by atoms with Crippen LogP contribution in [0.2, 0.25) is 0 Å². The lowest BCUT2D eigenvalue weighted by atomic mass is 10.2. The molecule has 1 fully saturated rings. The maximum Gasteiger partial charge on any atom is 0.252 e. The van der Waals surface area contributed by atoms with Crippen LogP contribution in [0.1, 0.15) is 18.2 Å². The molecule has 3 heterocycles. The zero-order valence-electron chi connectivity index (χ0n) is 13.5. The largest absolute Gasteiger partial charge is 0.356 e. The molecule has 2 aromatic heterocycles. The Morgan fingerprint density at radius 1 is 1.31 bits per heavy atom. The van der Waals surface area contributed by atoms with Crippen LogP contribution >= 0.6 is 11.3 Å². The van der Waals surface area contributed by atoms with Gasteiger partial charge in [0.1, 0.15) is 29.1 Å². The van der Waals surface area contributed by atoms with Crippen LogP contribution in [0.15, 0.2) is 36.0 Å². The molecule has 4 rings (SSSR count). The van der Waals surface area contributed by atoms with Gasteiger partial charge in [0.05, 0.1) is 12.7 Å². The molecule has 0 aliphatic carbocycles. The molecule has 0 saturated carbocycles. The van der Waals surface area contributed by atoms with Gasteiger partial charge in [-0.3, -0.25) is 4.79 Å². The highest BCUT2D eigenvalue weighted by Gasteiger charge is 2.37. The van der Waals surface area contributed by atoms with Gasteiger partial charge < -0.3 is 10.2 Å². The Labute approximate surface area is 151 Å². The summed E-state index contributed by atoms with van der Waals surface area (Å²) in [6.07, 6.45) is 3.75. The fourth-order valence-electron chi connectivity index (χ4n) is 2.90. The third kappa shape index (κ3) is 3.03. The Kier molecular flexibility index (Phi) is 4.33. The van der Waals surface area contributed by atoms with Gasteiger partial charge in [0.2, 0.25) is 0 Å². The van der Waals surface area contributed by atoms with E-state index in [1.165, 1.54) is 22.1 Å². The second-order valence-electron chi connectivity index (χ2n) is 5.75. The Balaban J connectivity index is 1.48. The maximum atomic E-state index is 14.0. The van der Waals surface area contributed by atoms with Gasteiger partial charge in [-0.15, -0.1) is 16.4 Å². The van der Waals surface area contributed by atoms with Crippen molar-refractivity contribution in [2.45, 2.75) is 19.0 Å². The first-order valence-electron chi connectivity index (χ1n) is 7.93. The topological polar surface area (TPSA) is 75.9 Å². The summed E-state index contributed by atoms with van der Waals surface area (Å²) in [6.45, 7) is 0.633. The number of carbonyl (C=O) groups is 1. The van der Waals surface area contributed by atoms with Crippen LogP contribution in [0.3, 0.4) is 0 Å². The molecule has 1 aliphatic heterocycles. The lowest BCUT2D eigenvalue weighted by molar-refractivity contribution is -0.120. The molecule has 7 nitrogen and oxygen atoms in total. The van der Waals surface area contributed by atoms with Gasteiger partial charge in [0.25, 0.3) is 5.91 Å². The predicted octanol–water partition coefficient (Wildman–Crippen LogP) is 2.60.